The lowest BCUT2D eigenvalue weighted by molar-refractivity contribution is -0.0629. The molecular formula is C13H16ClFO. The normalized spacial score (nSPS) is 30.3. The van der Waals surface area contributed by atoms with Crippen molar-refractivity contribution in [2.45, 2.75) is 37.2 Å². The monoisotopic (exact) mass is 242 g/mol. The fraction of sp³-hybridized carbons (Fsp3) is 0.538. The molecule has 1 aromatic rings. The summed E-state index contributed by atoms with van der Waals surface area (Å²) in [5.41, 5.74) is 0.378. The van der Waals surface area contributed by atoms with Crippen molar-refractivity contribution in [1.82, 2.24) is 0 Å². The second-order valence-corrected chi connectivity index (χ2v) is 5.27. The summed E-state index contributed by atoms with van der Waals surface area (Å²) in [6.45, 7) is 2.67. The highest BCUT2D eigenvalue weighted by Gasteiger charge is 2.33. The smallest absolute Gasteiger partial charge is 0.126 e. The Balaban J connectivity index is 2.11. The van der Waals surface area contributed by atoms with Crippen molar-refractivity contribution < 1.29 is 9.13 Å². The van der Waals surface area contributed by atoms with Crippen molar-refractivity contribution in [2.24, 2.45) is 0 Å². The number of benzene rings is 1. The number of rotatable bonds is 2. The number of ether oxygens (including phenoxy) is 1. The van der Waals surface area contributed by atoms with Crippen LogP contribution in [0.3, 0.4) is 0 Å². The minimum atomic E-state index is -0.327. The lowest BCUT2D eigenvalue weighted by atomic mass is 9.88. The van der Waals surface area contributed by atoms with Crippen LogP contribution in [-0.4, -0.2) is 17.6 Å². The highest BCUT2D eigenvalue weighted by atomic mass is 35.5. The number of halogens is 2. The van der Waals surface area contributed by atoms with Crippen LogP contribution in [0, 0.1) is 5.82 Å². The van der Waals surface area contributed by atoms with Crippen LogP contribution in [0.15, 0.2) is 24.3 Å². The molecule has 1 aliphatic rings. The molecule has 1 saturated heterocycles. The van der Waals surface area contributed by atoms with Gasteiger partial charge in [0.2, 0.25) is 0 Å². The quantitative estimate of drug-likeness (QED) is 0.721. The molecule has 3 heteroatoms. The predicted molar refractivity (Wildman–Crippen MR) is 63.3 cm³/mol. The molecule has 88 valence electrons. The molecule has 1 fully saturated rings. The molecule has 1 heterocycles. The molecule has 0 bridgehead atoms. The average Bonchev–Trinajstić information content (AvgIpc) is 2.21. The van der Waals surface area contributed by atoms with E-state index in [0.29, 0.717) is 18.6 Å². The zero-order valence-corrected chi connectivity index (χ0v) is 10.1. The van der Waals surface area contributed by atoms with E-state index in [2.05, 4.69) is 0 Å². The molecule has 16 heavy (non-hydrogen) atoms. The van der Waals surface area contributed by atoms with Crippen molar-refractivity contribution in [3.63, 3.8) is 0 Å². The van der Waals surface area contributed by atoms with Gasteiger partial charge < -0.3 is 4.74 Å². The molecule has 0 aliphatic carbocycles. The largest absolute Gasteiger partial charge is 0.375 e. The molecule has 1 aromatic carbocycles. The highest BCUT2D eigenvalue weighted by Crippen LogP contribution is 2.31. The van der Waals surface area contributed by atoms with Crippen molar-refractivity contribution in [3.8, 4) is 0 Å². The maximum Gasteiger partial charge on any atom is 0.126 e. The summed E-state index contributed by atoms with van der Waals surface area (Å²) in [7, 11) is 0. The van der Waals surface area contributed by atoms with E-state index < -0.39 is 0 Å². The fourth-order valence-corrected chi connectivity index (χ4v) is 2.65. The topological polar surface area (TPSA) is 9.23 Å². The second-order valence-electron chi connectivity index (χ2n) is 4.66. The molecule has 2 atom stereocenters. The Morgan fingerprint density at radius 2 is 2.25 bits per heavy atom. The van der Waals surface area contributed by atoms with Gasteiger partial charge in [-0.2, -0.15) is 0 Å². The van der Waals surface area contributed by atoms with Gasteiger partial charge in [0.05, 0.1) is 5.60 Å². The van der Waals surface area contributed by atoms with Crippen molar-refractivity contribution >= 4 is 11.6 Å². The molecule has 0 radical (unpaired) electrons. The summed E-state index contributed by atoms with van der Waals surface area (Å²) in [6.07, 6.45) is 2.25. The number of hydrogen-bond donors (Lipinski definition) is 0. The van der Waals surface area contributed by atoms with E-state index in [9.17, 15) is 4.39 Å². The van der Waals surface area contributed by atoms with Crippen LogP contribution in [0.5, 0.6) is 0 Å². The van der Waals surface area contributed by atoms with E-state index in [1.807, 2.05) is 19.1 Å². The lowest BCUT2D eigenvalue weighted by Gasteiger charge is -2.36. The van der Waals surface area contributed by atoms with Gasteiger partial charge in [-0.15, -0.1) is 11.6 Å². The highest BCUT2D eigenvalue weighted by molar-refractivity contribution is 6.20. The maximum absolute atomic E-state index is 13.5. The minimum Gasteiger partial charge on any atom is -0.375 e. The summed E-state index contributed by atoms with van der Waals surface area (Å²) >= 11 is 6.13. The third-order valence-electron chi connectivity index (χ3n) is 3.06. The van der Waals surface area contributed by atoms with Gasteiger partial charge in [-0.05, 0) is 31.4 Å². The van der Waals surface area contributed by atoms with Crippen LogP contribution < -0.4 is 0 Å². The van der Waals surface area contributed by atoms with Gasteiger partial charge in [-0.1, -0.05) is 18.2 Å². The summed E-state index contributed by atoms with van der Waals surface area (Å²) in [5.74, 6) is -0.163. The van der Waals surface area contributed by atoms with Crippen LogP contribution in [0.2, 0.25) is 0 Å². The Hall–Kier alpha value is -0.600. The Kier molecular flexibility index (Phi) is 3.50. The van der Waals surface area contributed by atoms with E-state index in [1.54, 1.807) is 6.07 Å². The molecule has 1 aliphatic heterocycles. The summed E-state index contributed by atoms with van der Waals surface area (Å²) in [5, 5.41) is 0.144. The zero-order chi connectivity index (χ0) is 11.6. The van der Waals surface area contributed by atoms with Crippen LogP contribution in [0.4, 0.5) is 4.39 Å². The third kappa shape index (κ3) is 2.74. The van der Waals surface area contributed by atoms with Gasteiger partial charge in [0.15, 0.2) is 0 Å². The molecule has 2 rings (SSSR count). The van der Waals surface area contributed by atoms with Crippen molar-refractivity contribution in [3.05, 3.63) is 35.6 Å². The molecule has 0 saturated carbocycles. The average molecular weight is 243 g/mol. The van der Waals surface area contributed by atoms with E-state index in [0.717, 1.165) is 12.8 Å². The molecule has 1 nitrogen and oxygen atoms in total. The van der Waals surface area contributed by atoms with Crippen LogP contribution in [-0.2, 0) is 11.2 Å². The summed E-state index contributed by atoms with van der Waals surface area (Å²) in [6, 6.07) is 6.84. The SMILES string of the molecule is CC1(Cc2ccccc2F)CC(Cl)CCO1. The first kappa shape index (κ1) is 11.9. The number of alkyl halides is 1. The van der Waals surface area contributed by atoms with Crippen molar-refractivity contribution in [2.75, 3.05) is 6.61 Å². The molecule has 0 N–H and O–H groups in total. The van der Waals surface area contributed by atoms with Crippen molar-refractivity contribution in [1.29, 1.82) is 0 Å². The van der Waals surface area contributed by atoms with Gasteiger partial charge in [0.25, 0.3) is 0 Å². The van der Waals surface area contributed by atoms with Crippen LogP contribution in [0.25, 0.3) is 0 Å². The summed E-state index contributed by atoms with van der Waals surface area (Å²) in [4.78, 5) is 0. The first-order valence-electron chi connectivity index (χ1n) is 5.60. The molecule has 0 aromatic heterocycles. The van der Waals surface area contributed by atoms with E-state index >= 15 is 0 Å². The van der Waals surface area contributed by atoms with Crippen LogP contribution >= 0.6 is 11.6 Å². The van der Waals surface area contributed by atoms with Gasteiger partial charge >= 0.3 is 0 Å². The zero-order valence-electron chi connectivity index (χ0n) is 9.38. The molecule has 0 spiro atoms. The Morgan fingerprint density at radius 3 is 2.94 bits per heavy atom. The molecular weight excluding hydrogens is 227 g/mol. The Morgan fingerprint density at radius 1 is 1.50 bits per heavy atom. The van der Waals surface area contributed by atoms with E-state index in [-0.39, 0.29) is 16.8 Å². The minimum absolute atomic E-state index is 0.144. The Labute approximate surface area is 101 Å². The van der Waals surface area contributed by atoms with Gasteiger partial charge in [-0.3, -0.25) is 0 Å². The fourth-order valence-electron chi connectivity index (χ4n) is 2.23. The second kappa shape index (κ2) is 4.72. The standard InChI is InChI=1S/C13H16ClFO/c1-13(9-11(14)6-7-16-13)8-10-4-2-3-5-12(10)15/h2-5,11H,6-9H2,1H3. The van der Waals surface area contributed by atoms with Crippen LogP contribution in [0.1, 0.15) is 25.3 Å². The van der Waals surface area contributed by atoms with E-state index in [1.165, 1.54) is 6.07 Å². The van der Waals surface area contributed by atoms with E-state index in [4.69, 9.17) is 16.3 Å². The lowest BCUT2D eigenvalue weighted by Crippen LogP contribution is -2.39. The molecule has 0 amide bonds. The van der Waals surface area contributed by atoms with Gasteiger partial charge in [0, 0.05) is 18.4 Å². The summed E-state index contributed by atoms with van der Waals surface area (Å²) < 4.78 is 19.3. The maximum atomic E-state index is 13.5. The van der Waals surface area contributed by atoms with Gasteiger partial charge in [-0.25, -0.2) is 4.39 Å². The number of hydrogen-bond acceptors (Lipinski definition) is 1. The Bertz CT molecular complexity index is 369. The first-order valence-corrected chi connectivity index (χ1v) is 6.04. The first-order chi connectivity index (χ1) is 7.59. The van der Waals surface area contributed by atoms with Gasteiger partial charge in [0.1, 0.15) is 5.82 Å². The third-order valence-corrected chi connectivity index (χ3v) is 3.43. The molecule has 2 unspecified atom stereocenters. The predicted octanol–water partition coefficient (Wildman–Crippen LogP) is 3.54.